The molecule has 6 nitrogen and oxygen atoms in total. The van der Waals surface area contributed by atoms with E-state index < -0.39 is 0 Å². The van der Waals surface area contributed by atoms with Gasteiger partial charge < -0.3 is 14.8 Å². The Labute approximate surface area is 110 Å². The van der Waals surface area contributed by atoms with E-state index in [0.29, 0.717) is 22.4 Å². The Morgan fingerprint density at radius 2 is 2.11 bits per heavy atom. The molecule has 1 N–H and O–H groups in total. The van der Waals surface area contributed by atoms with Gasteiger partial charge in [0.2, 0.25) is 5.78 Å². The number of ether oxygens (including phenoxy) is 1. The zero-order valence-corrected chi connectivity index (χ0v) is 10.9. The van der Waals surface area contributed by atoms with Crippen molar-refractivity contribution in [1.82, 2.24) is 4.90 Å². The van der Waals surface area contributed by atoms with Crippen molar-refractivity contribution < 1.29 is 19.5 Å². The highest BCUT2D eigenvalue weighted by Crippen LogP contribution is 2.29. The van der Waals surface area contributed by atoms with Crippen LogP contribution in [0.5, 0.6) is 5.75 Å². The monoisotopic (exact) mass is 262 g/mol. The second-order valence-electron chi connectivity index (χ2n) is 4.46. The SMILES string of the molecule is COc1cc2c(cc1C(=O)N(C)C)C(=O)C(=NO)C2. The molecule has 0 bridgehead atoms. The van der Waals surface area contributed by atoms with Crippen molar-refractivity contribution in [2.45, 2.75) is 6.42 Å². The van der Waals surface area contributed by atoms with E-state index in [-0.39, 0.29) is 23.8 Å². The molecular weight excluding hydrogens is 248 g/mol. The molecule has 1 aliphatic rings. The van der Waals surface area contributed by atoms with Crippen LogP contribution in [-0.2, 0) is 6.42 Å². The third kappa shape index (κ3) is 2.05. The Bertz CT molecular complexity index is 591. The van der Waals surface area contributed by atoms with Gasteiger partial charge in [-0.1, -0.05) is 5.16 Å². The summed E-state index contributed by atoms with van der Waals surface area (Å²) in [7, 11) is 4.71. The molecule has 100 valence electrons. The summed E-state index contributed by atoms with van der Waals surface area (Å²) in [6.45, 7) is 0. The molecule has 0 aliphatic heterocycles. The number of rotatable bonds is 2. The first-order chi connectivity index (χ1) is 8.99. The van der Waals surface area contributed by atoms with E-state index in [0.717, 1.165) is 0 Å². The molecule has 19 heavy (non-hydrogen) atoms. The zero-order chi connectivity index (χ0) is 14.2. The van der Waals surface area contributed by atoms with Gasteiger partial charge in [0.15, 0.2) is 0 Å². The molecule has 0 unspecified atom stereocenters. The number of oxime groups is 1. The molecule has 1 aliphatic carbocycles. The molecule has 1 aromatic carbocycles. The fourth-order valence-electron chi connectivity index (χ4n) is 2.05. The fraction of sp³-hybridized carbons (Fsp3) is 0.308. The van der Waals surface area contributed by atoms with Gasteiger partial charge in [0.05, 0.1) is 12.7 Å². The Morgan fingerprint density at radius 3 is 2.63 bits per heavy atom. The van der Waals surface area contributed by atoms with Gasteiger partial charge in [0.1, 0.15) is 11.5 Å². The van der Waals surface area contributed by atoms with Crippen molar-refractivity contribution in [1.29, 1.82) is 0 Å². The van der Waals surface area contributed by atoms with E-state index in [2.05, 4.69) is 5.16 Å². The van der Waals surface area contributed by atoms with Crippen LogP contribution in [0.2, 0.25) is 0 Å². The second-order valence-corrected chi connectivity index (χ2v) is 4.46. The normalized spacial score (nSPS) is 15.5. The standard InChI is InChI=1S/C13H14N2O4/c1-15(2)13(17)9-6-8-7(5-11(9)19-3)4-10(14-18)12(8)16/h5-6,18H,4H2,1-3H3. The van der Waals surface area contributed by atoms with Crippen LogP contribution in [0.3, 0.4) is 0 Å². The lowest BCUT2D eigenvalue weighted by Crippen LogP contribution is -2.22. The van der Waals surface area contributed by atoms with Crippen molar-refractivity contribution in [2.24, 2.45) is 5.16 Å². The van der Waals surface area contributed by atoms with Crippen LogP contribution in [0.15, 0.2) is 17.3 Å². The number of hydrogen-bond donors (Lipinski definition) is 1. The first-order valence-electron chi connectivity index (χ1n) is 5.67. The van der Waals surface area contributed by atoms with E-state index in [4.69, 9.17) is 9.94 Å². The molecule has 0 atom stereocenters. The topological polar surface area (TPSA) is 79.2 Å². The Hall–Kier alpha value is -2.37. The van der Waals surface area contributed by atoms with Crippen molar-refractivity contribution in [3.05, 3.63) is 28.8 Å². The summed E-state index contributed by atoms with van der Waals surface area (Å²) in [6.07, 6.45) is 0.247. The van der Waals surface area contributed by atoms with Crippen molar-refractivity contribution in [3.8, 4) is 5.75 Å². The number of methoxy groups -OCH3 is 1. The Morgan fingerprint density at radius 1 is 1.42 bits per heavy atom. The number of carbonyl (C=O) groups is 2. The molecule has 0 radical (unpaired) electrons. The lowest BCUT2D eigenvalue weighted by molar-refractivity contribution is 0.0824. The predicted molar refractivity (Wildman–Crippen MR) is 68.3 cm³/mol. The van der Waals surface area contributed by atoms with E-state index in [1.807, 2.05) is 0 Å². The van der Waals surface area contributed by atoms with Gasteiger partial charge in [-0.25, -0.2) is 0 Å². The highest BCUT2D eigenvalue weighted by Gasteiger charge is 2.30. The van der Waals surface area contributed by atoms with Crippen LogP contribution < -0.4 is 4.74 Å². The number of benzene rings is 1. The van der Waals surface area contributed by atoms with E-state index in [1.54, 1.807) is 20.2 Å². The van der Waals surface area contributed by atoms with Gasteiger partial charge in [-0.15, -0.1) is 0 Å². The smallest absolute Gasteiger partial charge is 0.257 e. The van der Waals surface area contributed by atoms with Crippen LogP contribution in [0, 0.1) is 0 Å². The summed E-state index contributed by atoms with van der Waals surface area (Å²) >= 11 is 0. The molecular formula is C13H14N2O4. The van der Waals surface area contributed by atoms with Crippen molar-refractivity contribution in [3.63, 3.8) is 0 Å². The fourth-order valence-corrected chi connectivity index (χ4v) is 2.05. The van der Waals surface area contributed by atoms with Crippen LogP contribution in [0.4, 0.5) is 0 Å². The first-order valence-corrected chi connectivity index (χ1v) is 5.67. The molecule has 0 spiro atoms. The summed E-state index contributed by atoms with van der Waals surface area (Å²) in [5.41, 5.74) is 1.48. The lowest BCUT2D eigenvalue weighted by Gasteiger charge is -2.14. The molecule has 0 heterocycles. The molecule has 1 amide bonds. The minimum Gasteiger partial charge on any atom is -0.496 e. The van der Waals surface area contributed by atoms with Gasteiger partial charge in [0.25, 0.3) is 5.91 Å². The number of ketones is 1. The van der Waals surface area contributed by atoms with Crippen LogP contribution in [0.25, 0.3) is 0 Å². The lowest BCUT2D eigenvalue weighted by atomic mass is 10.0. The quantitative estimate of drug-likeness (QED) is 0.636. The number of Topliss-reactive ketones (excluding diaryl/α,β-unsaturated/α-hetero) is 1. The third-order valence-electron chi connectivity index (χ3n) is 3.05. The van der Waals surface area contributed by atoms with E-state index >= 15 is 0 Å². The van der Waals surface area contributed by atoms with Crippen LogP contribution in [0.1, 0.15) is 26.3 Å². The maximum Gasteiger partial charge on any atom is 0.257 e. The van der Waals surface area contributed by atoms with E-state index in [9.17, 15) is 9.59 Å². The second kappa shape index (κ2) is 4.72. The number of amides is 1. The molecule has 0 saturated heterocycles. The summed E-state index contributed by atoms with van der Waals surface area (Å²) in [5.74, 6) is -0.195. The third-order valence-corrected chi connectivity index (χ3v) is 3.05. The van der Waals surface area contributed by atoms with Crippen molar-refractivity contribution in [2.75, 3.05) is 21.2 Å². The molecule has 2 rings (SSSR count). The van der Waals surface area contributed by atoms with Gasteiger partial charge in [-0.2, -0.15) is 0 Å². The minimum absolute atomic E-state index is 0.0755. The molecule has 0 fully saturated rings. The Balaban J connectivity index is 2.58. The number of carbonyl (C=O) groups excluding carboxylic acids is 2. The maximum absolute atomic E-state index is 12.0. The van der Waals surface area contributed by atoms with Gasteiger partial charge >= 0.3 is 0 Å². The highest BCUT2D eigenvalue weighted by atomic mass is 16.5. The zero-order valence-electron chi connectivity index (χ0n) is 10.9. The molecule has 6 heteroatoms. The number of nitrogens with zero attached hydrogens (tertiary/aromatic N) is 2. The van der Waals surface area contributed by atoms with Crippen LogP contribution >= 0.6 is 0 Å². The van der Waals surface area contributed by atoms with Gasteiger partial charge in [0, 0.05) is 26.1 Å². The van der Waals surface area contributed by atoms with Gasteiger partial charge in [-0.05, 0) is 17.7 Å². The average molecular weight is 262 g/mol. The van der Waals surface area contributed by atoms with Crippen molar-refractivity contribution >= 4 is 17.4 Å². The summed E-state index contributed by atoms with van der Waals surface area (Å²) < 4.78 is 5.18. The summed E-state index contributed by atoms with van der Waals surface area (Å²) in [6, 6.07) is 3.14. The molecule has 0 saturated carbocycles. The first kappa shape index (κ1) is 13.1. The Kier molecular flexibility index (Phi) is 3.25. The van der Waals surface area contributed by atoms with E-state index in [1.165, 1.54) is 18.1 Å². The molecule has 1 aromatic rings. The van der Waals surface area contributed by atoms with Gasteiger partial charge in [-0.3, -0.25) is 9.59 Å². The van der Waals surface area contributed by atoms with Crippen LogP contribution in [-0.4, -0.2) is 48.7 Å². The molecule has 0 aromatic heterocycles. The minimum atomic E-state index is -0.354. The number of hydrogen-bond acceptors (Lipinski definition) is 5. The maximum atomic E-state index is 12.0. The average Bonchev–Trinajstić information content (AvgIpc) is 2.72. The summed E-state index contributed by atoms with van der Waals surface area (Å²) in [4.78, 5) is 25.4. The predicted octanol–water partition coefficient (Wildman–Crippen LogP) is 0.966. The largest absolute Gasteiger partial charge is 0.496 e. The highest BCUT2D eigenvalue weighted by molar-refractivity contribution is 6.49. The number of fused-ring (bicyclic) bond motifs is 1. The summed E-state index contributed by atoms with van der Waals surface area (Å²) in [5, 5.41) is 11.7.